The van der Waals surface area contributed by atoms with Crippen LogP contribution in [-0.2, 0) is 4.79 Å². The van der Waals surface area contributed by atoms with E-state index in [2.05, 4.69) is 10.6 Å². The smallest absolute Gasteiger partial charge is 0.270 e. The summed E-state index contributed by atoms with van der Waals surface area (Å²) in [6.45, 7) is -0.0596. The minimum absolute atomic E-state index is 0.0596. The molecule has 2 amide bonds. The van der Waals surface area contributed by atoms with Gasteiger partial charge in [0.1, 0.15) is 5.75 Å². The van der Waals surface area contributed by atoms with Crippen LogP contribution in [0.1, 0.15) is 42.5 Å². The molecule has 0 aromatic heterocycles. The fraction of sp³-hybridized carbons (Fsp3) is 0.333. The molecule has 0 atom stereocenters. The van der Waals surface area contributed by atoms with E-state index in [9.17, 15) is 19.7 Å². The second kappa shape index (κ2) is 9.68. The van der Waals surface area contributed by atoms with Gasteiger partial charge in [0.2, 0.25) is 0 Å². The number of non-ortho nitro benzene ring substituents is 1. The van der Waals surface area contributed by atoms with Crippen molar-refractivity contribution in [2.75, 3.05) is 11.9 Å². The van der Waals surface area contributed by atoms with E-state index in [1.165, 1.54) is 30.7 Å². The van der Waals surface area contributed by atoms with Crippen LogP contribution in [0.5, 0.6) is 5.75 Å². The number of carbonyl (C=O) groups is 2. The van der Waals surface area contributed by atoms with Crippen molar-refractivity contribution in [1.29, 1.82) is 0 Å². The van der Waals surface area contributed by atoms with Gasteiger partial charge in [-0.05, 0) is 43.2 Å². The SMILES string of the molecule is O=C(COc1ccc(NC(=O)c2cccc([N+](=O)[O-])c2)cc1)NC1CCCCC1. The average molecular weight is 397 g/mol. The highest BCUT2D eigenvalue weighted by molar-refractivity contribution is 6.04. The first kappa shape index (κ1) is 20.3. The van der Waals surface area contributed by atoms with Gasteiger partial charge in [-0.3, -0.25) is 19.7 Å². The number of benzene rings is 2. The molecule has 8 heteroatoms. The van der Waals surface area contributed by atoms with Gasteiger partial charge in [0.15, 0.2) is 6.61 Å². The third-order valence-corrected chi connectivity index (χ3v) is 4.77. The molecular formula is C21H23N3O5. The number of nitrogens with one attached hydrogen (secondary N) is 2. The monoisotopic (exact) mass is 397 g/mol. The lowest BCUT2D eigenvalue weighted by molar-refractivity contribution is -0.384. The molecule has 2 aromatic carbocycles. The Hall–Kier alpha value is -3.42. The van der Waals surface area contributed by atoms with E-state index in [0.29, 0.717) is 11.4 Å². The molecule has 8 nitrogen and oxygen atoms in total. The molecular weight excluding hydrogens is 374 g/mol. The number of hydrogen-bond acceptors (Lipinski definition) is 5. The van der Waals surface area contributed by atoms with Gasteiger partial charge in [0.25, 0.3) is 17.5 Å². The summed E-state index contributed by atoms with van der Waals surface area (Å²) in [6, 6.07) is 12.3. The number of amides is 2. The highest BCUT2D eigenvalue weighted by Gasteiger charge is 2.16. The molecule has 1 aliphatic carbocycles. The summed E-state index contributed by atoms with van der Waals surface area (Å²) >= 11 is 0. The minimum Gasteiger partial charge on any atom is -0.484 e. The molecule has 0 saturated heterocycles. The van der Waals surface area contributed by atoms with E-state index in [0.717, 1.165) is 25.7 Å². The first-order chi connectivity index (χ1) is 14.0. The summed E-state index contributed by atoms with van der Waals surface area (Å²) in [5.41, 5.74) is 0.562. The van der Waals surface area contributed by atoms with Crippen LogP contribution in [0.15, 0.2) is 48.5 Å². The van der Waals surface area contributed by atoms with Crippen molar-refractivity contribution in [2.45, 2.75) is 38.1 Å². The van der Waals surface area contributed by atoms with Gasteiger partial charge in [-0.15, -0.1) is 0 Å². The maximum atomic E-state index is 12.3. The normalized spacial score (nSPS) is 14.1. The second-order valence-corrected chi connectivity index (χ2v) is 6.98. The third kappa shape index (κ3) is 6.03. The Kier molecular flexibility index (Phi) is 6.78. The molecule has 0 heterocycles. The standard InChI is InChI=1S/C21H23N3O5/c25-20(22-16-6-2-1-3-7-16)14-29-19-11-9-17(10-12-19)23-21(26)15-5-4-8-18(13-15)24(27)28/h4-5,8-13,16H,1-3,6-7,14H2,(H,22,25)(H,23,26). The van der Waals surface area contributed by atoms with Crippen molar-refractivity contribution in [3.8, 4) is 5.75 Å². The van der Waals surface area contributed by atoms with Crippen LogP contribution in [0.25, 0.3) is 0 Å². The van der Waals surface area contributed by atoms with Gasteiger partial charge in [-0.1, -0.05) is 25.3 Å². The van der Waals surface area contributed by atoms with Crippen molar-refractivity contribution < 1.29 is 19.2 Å². The predicted molar refractivity (Wildman–Crippen MR) is 108 cm³/mol. The van der Waals surface area contributed by atoms with Crippen LogP contribution in [0.3, 0.4) is 0 Å². The van der Waals surface area contributed by atoms with Crippen LogP contribution in [0, 0.1) is 10.1 Å². The summed E-state index contributed by atoms with van der Waals surface area (Å²) in [5.74, 6) is -0.0775. The van der Waals surface area contributed by atoms with E-state index < -0.39 is 10.8 Å². The molecule has 0 unspecified atom stereocenters. The maximum Gasteiger partial charge on any atom is 0.270 e. The van der Waals surface area contributed by atoms with Gasteiger partial charge >= 0.3 is 0 Å². The molecule has 2 aromatic rings. The van der Waals surface area contributed by atoms with Gasteiger partial charge < -0.3 is 15.4 Å². The molecule has 152 valence electrons. The summed E-state index contributed by atoms with van der Waals surface area (Å²) in [7, 11) is 0. The van der Waals surface area contributed by atoms with Crippen LogP contribution >= 0.6 is 0 Å². The molecule has 1 fully saturated rings. The zero-order chi connectivity index (χ0) is 20.6. The zero-order valence-electron chi connectivity index (χ0n) is 15.9. The van der Waals surface area contributed by atoms with Crippen molar-refractivity contribution in [1.82, 2.24) is 5.32 Å². The number of carbonyl (C=O) groups excluding carboxylic acids is 2. The van der Waals surface area contributed by atoms with Crippen molar-refractivity contribution in [2.24, 2.45) is 0 Å². The molecule has 0 bridgehead atoms. The van der Waals surface area contributed by atoms with Gasteiger partial charge in [0, 0.05) is 29.4 Å². The Labute approximate surface area is 168 Å². The van der Waals surface area contributed by atoms with Crippen LogP contribution in [0.2, 0.25) is 0 Å². The fourth-order valence-corrected chi connectivity index (χ4v) is 3.26. The van der Waals surface area contributed by atoms with Crippen molar-refractivity contribution in [3.05, 3.63) is 64.2 Å². The summed E-state index contributed by atoms with van der Waals surface area (Å²) in [5, 5.41) is 16.5. The number of nitro benzene ring substituents is 1. The number of anilines is 1. The van der Waals surface area contributed by atoms with Crippen LogP contribution in [0.4, 0.5) is 11.4 Å². The minimum atomic E-state index is -0.548. The van der Waals surface area contributed by atoms with Crippen LogP contribution in [-0.4, -0.2) is 29.4 Å². The Morgan fingerprint density at radius 3 is 2.48 bits per heavy atom. The van der Waals surface area contributed by atoms with Gasteiger partial charge in [-0.25, -0.2) is 0 Å². The van der Waals surface area contributed by atoms with E-state index in [1.54, 1.807) is 24.3 Å². The Morgan fingerprint density at radius 1 is 1.07 bits per heavy atom. The number of nitro groups is 1. The third-order valence-electron chi connectivity index (χ3n) is 4.77. The van der Waals surface area contributed by atoms with E-state index in [4.69, 9.17) is 4.74 Å². The molecule has 0 aliphatic heterocycles. The summed E-state index contributed by atoms with van der Waals surface area (Å²) in [6.07, 6.45) is 5.56. The number of hydrogen-bond donors (Lipinski definition) is 2. The van der Waals surface area contributed by atoms with Gasteiger partial charge in [-0.2, -0.15) is 0 Å². The van der Waals surface area contributed by atoms with E-state index >= 15 is 0 Å². The number of nitrogens with zero attached hydrogens (tertiary/aromatic N) is 1. The van der Waals surface area contributed by atoms with Crippen LogP contribution < -0.4 is 15.4 Å². The molecule has 1 saturated carbocycles. The topological polar surface area (TPSA) is 111 Å². The lowest BCUT2D eigenvalue weighted by Gasteiger charge is -2.22. The molecule has 29 heavy (non-hydrogen) atoms. The highest BCUT2D eigenvalue weighted by atomic mass is 16.6. The van der Waals surface area contributed by atoms with Gasteiger partial charge in [0.05, 0.1) is 4.92 Å². The van der Waals surface area contributed by atoms with Crippen molar-refractivity contribution in [3.63, 3.8) is 0 Å². The molecule has 0 radical (unpaired) electrons. The lowest BCUT2D eigenvalue weighted by Crippen LogP contribution is -2.38. The first-order valence-corrected chi connectivity index (χ1v) is 9.59. The second-order valence-electron chi connectivity index (χ2n) is 6.98. The van der Waals surface area contributed by atoms with E-state index in [1.807, 2.05) is 0 Å². The molecule has 3 rings (SSSR count). The summed E-state index contributed by atoms with van der Waals surface area (Å²) < 4.78 is 5.50. The summed E-state index contributed by atoms with van der Waals surface area (Å²) in [4.78, 5) is 34.5. The lowest BCUT2D eigenvalue weighted by atomic mass is 9.95. The largest absolute Gasteiger partial charge is 0.484 e. The average Bonchev–Trinajstić information content (AvgIpc) is 2.74. The Balaban J connectivity index is 1.49. The Bertz CT molecular complexity index is 876. The molecule has 2 N–H and O–H groups in total. The zero-order valence-corrected chi connectivity index (χ0v) is 15.9. The van der Waals surface area contributed by atoms with E-state index in [-0.39, 0.29) is 29.8 Å². The molecule has 0 spiro atoms. The highest BCUT2D eigenvalue weighted by Crippen LogP contribution is 2.19. The molecule has 1 aliphatic rings. The number of rotatable bonds is 7. The quantitative estimate of drug-likeness (QED) is 0.547. The van der Waals surface area contributed by atoms with Crippen molar-refractivity contribution >= 4 is 23.2 Å². The first-order valence-electron chi connectivity index (χ1n) is 9.59. The maximum absolute atomic E-state index is 12.3. The fourth-order valence-electron chi connectivity index (χ4n) is 3.26. The number of ether oxygens (including phenoxy) is 1. The predicted octanol–water partition coefficient (Wildman–Crippen LogP) is 3.67. The Morgan fingerprint density at radius 2 is 1.79 bits per heavy atom.